The summed E-state index contributed by atoms with van der Waals surface area (Å²) in [6.07, 6.45) is 5.07. The Bertz CT molecular complexity index is 1500. The van der Waals surface area contributed by atoms with Crippen molar-refractivity contribution < 1.29 is 0 Å². The highest BCUT2D eigenvalue weighted by atomic mass is 32.1. The van der Waals surface area contributed by atoms with Gasteiger partial charge in [0.2, 0.25) is 0 Å². The minimum Gasteiger partial charge on any atom is -0.364 e. The van der Waals surface area contributed by atoms with Gasteiger partial charge in [-0.25, -0.2) is 0 Å². The van der Waals surface area contributed by atoms with Gasteiger partial charge in [0.05, 0.1) is 4.88 Å². The standard InChI is InChI=1S/C36H41NS.2C2H6/c1-23(2)29-11-9-12-30(20-29)31-17-16-25(4)32(21-31)22-37(33-18-14-24(3)15-19-33)28(7)36-27(6)35-26(5)10-8-13-34(35)38-36;2*1-2/h8-13,16-17,20-21,24,33H,1,7,14-15,18-19,22H2,2-6H3;2*1-2H3. The average Bonchev–Trinajstić information content (AvgIpc) is 3.36. The van der Waals surface area contributed by atoms with E-state index >= 15 is 0 Å². The summed E-state index contributed by atoms with van der Waals surface area (Å²) in [6, 6.07) is 22.9. The number of thiophene rings is 1. The van der Waals surface area contributed by atoms with E-state index in [2.05, 4.69) is 107 Å². The van der Waals surface area contributed by atoms with E-state index in [9.17, 15) is 0 Å². The molecule has 3 aromatic carbocycles. The molecular weight excluding hydrogens is 527 g/mol. The summed E-state index contributed by atoms with van der Waals surface area (Å²) in [5.74, 6) is 0.820. The fraction of sp³-hybridized carbons (Fsp3) is 0.400. The molecule has 0 bridgehead atoms. The SMILES string of the molecule is C=C(C)c1cccc(-c2ccc(C)c(CN(C(=C)c3sc4cccc(C)c4c3C)C3CCC(C)CC3)c2)c1.CC.CC. The Morgan fingerprint density at radius 2 is 1.45 bits per heavy atom. The van der Waals surface area contributed by atoms with Crippen molar-refractivity contribution in [1.82, 2.24) is 4.90 Å². The van der Waals surface area contributed by atoms with E-state index in [1.807, 2.05) is 39.0 Å². The molecule has 5 rings (SSSR count). The van der Waals surface area contributed by atoms with Gasteiger partial charge < -0.3 is 4.90 Å². The number of aryl methyl sites for hydroxylation is 3. The summed E-state index contributed by atoms with van der Waals surface area (Å²) in [5.41, 5.74) is 11.5. The van der Waals surface area contributed by atoms with Gasteiger partial charge in [0.25, 0.3) is 0 Å². The van der Waals surface area contributed by atoms with Crippen molar-refractivity contribution in [3.05, 3.63) is 107 Å². The summed E-state index contributed by atoms with van der Waals surface area (Å²) >= 11 is 1.91. The second-order valence-electron chi connectivity index (χ2n) is 11.5. The van der Waals surface area contributed by atoms with Crippen LogP contribution in [0.2, 0.25) is 0 Å². The molecule has 1 fully saturated rings. The lowest BCUT2D eigenvalue weighted by molar-refractivity contribution is 0.198. The molecule has 0 radical (unpaired) electrons. The molecule has 1 saturated carbocycles. The van der Waals surface area contributed by atoms with Crippen LogP contribution in [0.3, 0.4) is 0 Å². The summed E-state index contributed by atoms with van der Waals surface area (Å²) in [5, 5.41) is 1.40. The van der Waals surface area contributed by atoms with Gasteiger partial charge in [0, 0.05) is 23.0 Å². The topological polar surface area (TPSA) is 3.24 Å². The van der Waals surface area contributed by atoms with Crippen molar-refractivity contribution in [2.45, 2.75) is 101 Å². The summed E-state index contributed by atoms with van der Waals surface area (Å²) in [4.78, 5) is 3.99. The number of benzene rings is 3. The Morgan fingerprint density at radius 3 is 2.10 bits per heavy atom. The molecule has 0 atom stereocenters. The molecule has 224 valence electrons. The Hall–Kier alpha value is -3.10. The predicted octanol–water partition coefficient (Wildman–Crippen LogP) is 12.6. The van der Waals surface area contributed by atoms with Gasteiger partial charge >= 0.3 is 0 Å². The van der Waals surface area contributed by atoms with E-state index in [0.29, 0.717) is 6.04 Å². The monoisotopic (exact) mass is 579 g/mol. The quantitative estimate of drug-likeness (QED) is 0.210. The maximum atomic E-state index is 4.77. The van der Waals surface area contributed by atoms with Crippen LogP contribution in [-0.2, 0) is 6.54 Å². The van der Waals surface area contributed by atoms with Gasteiger partial charge in [-0.1, -0.05) is 95.8 Å². The molecule has 0 amide bonds. The van der Waals surface area contributed by atoms with Crippen LogP contribution in [-0.4, -0.2) is 10.9 Å². The number of allylic oxidation sites excluding steroid dienone is 1. The van der Waals surface area contributed by atoms with E-state index in [-0.39, 0.29) is 0 Å². The number of hydrogen-bond donors (Lipinski definition) is 0. The number of fused-ring (bicyclic) bond motifs is 1. The van der Waals surface area contributed by atoms with Crippen LogP contribution >= 0.6 is 11.3 Å². The first-order chi connectivity index (χ1) is 20.2. The van der Waals surface area contributed by atoms with Crippen LogP contribution in [0.25, 0.3) is 32.5 Å². The maximum Gasteiger partial charge on any atom is 0.0539 e. The summed E-state index contributed by atoms with van der Waals surface area (Å²) < 4.78 is 1.37. The zero-order chi connectivity index (χ0) is 31.0. The Morgan fingerprint density at radius 1 is 0.810 bits per heavy atom. The molecule has 1 aliphatic rings. The van der Waals surface area contributed by atoms with Gasteiger partial charge in [-0.05, 0) is 122 Å². The normalized spacial score (nSPS) is 16.1. The molecule has 1 nitrogen and oxygen atoms in total. The van der Waals surface area contributed by atoms with Crippen LogP contribution in [0.1, 0.15) is 99.9 Å². The van der Waals surface area contributed by atoms with Crippen LogP contribution in [0.4, 0.5) is 0 Å². The van der Waals surface area contributed by atoms with Gasteiger partial charge in [0.1, 0.15) is 0 Å². The third-order valence-corrected chi connectivity index (χ3v) is 9.88. The lowest BCUT2D eigenvalue weighted by atomic mass is 9.86. The van der Waals surface area contributed by atoms with Gasteiger partial charge in [-0.2, -0.15) is 0 Å². The second-order valence-corrected chi connectivity index (χ2v) is 12.5. The Kier molecular flexibility index (Phi) is 12.2. The van der Waals surface area contributed by atoms with Crippen molar-refractivity contribution in [3.63, 3.8) is 0 Å². The molecular formula is C40H53NS. The molecule has 0 N–H and O–H groups in total. The predicted molar refractivity (Wildman–Crippen MR) is 191 cm³/mol. The van der Waals surface area contributed by atoms with Crippen LogP contribution in [0.5, 0.6) is 0 Å². The summed E-state index contributed by atoms with van der Waals surface area (Å²) in [7, 11) is 0. The van der Waals surface area contributed by atoms with E-state index in [0.717, 1.165) is 18.0 Å². The third kappa shape index (κ3) is 7.45. The number of nitrogens with zero attached hydrogens (tertiary/aromatic N) is 1. The first kappa shape index (κ1) is 33.4. The van der Waals surface area contributed by atoms with Crippen LogP contribution in [0.15, 0.2) is 73.8 Å². The molecule has 0 saturated heterocycles. The summed E-state index contributed by atoms with van der Waals surface area (Å²) in [6.45, 7) is 29.1. The van der Waals surface area contributed by atoms with Crippen molar-refractivity contribution in [1.29, 1.82) is 0 Å². The molecule has 0 aliphatic heterocycles. The van der Waals surface area contributed by atoms with Crippen molar-refractivity contribution in [2.75, 3.05) is 0 Å². The molecule has 0 spiro atoms. The fourth-order valence-corrected chi connectivity index (χ4v) is 7.35. The number of hydrogen-bond acceptors (Lipinski definition) is 2. The van der Waals surface area contributed by atoms with Gasteiger partial charge in [-0.15, -0.1) is 11.3 Å². The largest absolute Gasteiger partial charge is 0.364 e. The smallest absolute Gasteiger partial charge is 0.0539 e. The highest BCUT2D eigenvalue weighted by molar-refractivity contribution is 7.20. The zero-order valence-electron chi connectivity index (χ0n) is 27.7. The lowest BCUT2D eigenvalue weighted by Crippen LogP contribution is -2.36. The minimum absolute atomic E-state index is 0.527. The molecule has 42 heavy (non-hydrogen) atoms. The average molecular weight is 580 g/mol. The first-order valence-corrected chi connectivity index (χ1v) is 16.8. The molecule has 1 heterocycles. The second kappa shape index (κ2) is 15.4. The fourth-order valence-electron chi connectivity index (χ4n) is 6.08. The minimum atomic E-state index is 0.527. The van der Waals surface area contributed by atoms with E-state index in [1.54, 1.807) is 0 Å². The molecule has 4 aromatic rings. The number of rotatable bonds is 7. The lowest BCUT2D eigenvalue weighted by Gasteiger charge is -2.39. The van der Waals surface area contributed by atoms with Gasteiger partial charge in [0.15, 0.2) is 0 Å². The molecule has 2 heteroatoms. The molecule has 0 unspecified atom stereocenters. The highest BCUT2D eigenvalue weighted by Gasteiger charge is 2.28. The first-order valence-electron chi connectivity index (χ1n) is 16.0. The van der Waals surface area contributed by atoms with Crippen molar-refractivity contribution >= 4 is 32.7 Å². The van der Waals surface area contributed by atoms with E-state index in [4.69, 9.17) is 6.58 Å². The Balaban J connectivity index is 0.00000116. The molecule has 1 aliphatic carbocycles. The van der Waals surface area contributed by atoms with E-state index in [1.165, 1.54) is 85.3 Å². The van der Waals surface area contributed by atoms with Gasteiger partial charge in [-0.3, -0.25) is 0 Å². The van der Waals surface area contributed by atoms with Crippen LogP contribution < -0.4 is 0 Å². The highest BCUT2D eigenvalue weighted by Crippen LogP contribution is 2.41. The van der Waals surface area contributed by atoms with Crippen molar-refractivity contribution in [3.8, 4) is 11.1 Å². The third-order valence-electron chi connectivity index (χ3n) is 8.58. The molecule has 1 aromatic heterocycles. The van der Waals surface area contributed by atoms with Crippen molar-refractivity contribution in [2.24, 2.45) is 5.92 Å². The Labute approximate surface area is 261 Å². The van der Waals surface area contributed by atoms with E-state index < -0.39 is 0 Å². The van der Waals surface area contributed by atoms with Crippen LogP contribution in [0, 0.1) is 26.7 Å². The zero-order valence-corrected chi connectivity index (χ0v) is 28.5. The maximum absolute atomic E-state index is 4.77.